The van der Waals surface area contributed by atoms with Gasteiger partial charge in [-0.05, 0) is 61.5 Å². The van der Waals surface area contributed by atoms with Crippen molar-refractivity contribution in [1.82, 2.24) is 24.8 Å². The van der Waals surface area contributed by atoms with Crippen LogP contribution in [0, 0.1) is 0 Å². The smallest absolute Gasteiger partial charge is 0.194 e. The van der Waals surface area contributed by atoms with Crippen LogP contribution in [-0.2, 0) is 4.74 Å². The SMILES string of the molecule is S=C1N[C@@H](c2ccccn2)[C@H](c2cccn2-c2nc3ccccc3s2)N1C[C@@H]1CCCO1. The summed E-state index contributed by atoms with van der Waals surface area (Å²) in [5.74, 6) is 0. The largest absolute Gasteiger partial charge is 0.376 e. The molecule has 0 saturated carbocycles. The number of ether oxygens (including phenoxy) is 1. The van der Waals surface area contributed by atoms with Crippen molar-refractivity contribution in [2.24, 2.45) is 0 Å². The third kappa shape index (κ3) is 3.48. The maximum absolute atomic E-state index is 5.96. The summed E-state index contributed by atoms with van der Waals surface area (Å²) in [5.41, 5.74) is 3.14. The lowest BCUT2D eigenvalue weighted by molar-refractivity contribution is 0.0836. The van der Waals surface area contributed by atoms with Gasteiger partial charge in [0.15, 0.2) is 10.2 Å². The zero-order valence-corrected chi connectivity index (χ0v) is 19.1. The van der Waals surface area contributed by atoms with Gasteiger partial charge in [-0.25, -0.2) is 4.98 Å². The van der Waals surface area contributed by atoms with Gasteiger partial charge in [-0.15, -0.1) is 0 Å². The highest BCUT2D eigenvalue weighted by molar-refractivity contribution is 7.80. The van der Waals surface area contributed by atoms with Crippen molar-refractivity contribution in [3.05, 3.63) is 78.4 Å². The molecule has 2 aliphatic heterocycles. The Labute approximate surface area is 195 Å². The topological polar surface area (TPSA) is 55.2 Å². The first-order valence-electron chi connectivity index (χ1n) is 10.9. The van der Waals surface area contributed by atoms with Crippen LogP contribution in [0.15, 0.2) is 67.0 Å². The predicted molar refractivity (Wildman–Crippen MR) is 130 cm³/mol. The standard InChI is InChI=1S/C24H23N5OS2/c31-23-27-21(18-9-3-4-12-25-18)22(29(23)15-16-7-6-14-30-16)19-10-5-13-28(19)24-26-17-8-1-2-11-20(17)32-24/h1-5,8-13,16,21-22H,6-7,14-15H2,(H,27,31)/t16-,21-,22-/m0/s1. The zero-order valence-electron chi connectivity index (χ0n) is 17.4. The molecule has 5 heterocycles. The molecule has 4 aromatic rings. The van der Waals surface area contributed by atoms with Crippen molar-refractivity contribution in [2.45, 2.75) is 31.0 Å². The van der Waals surface area contributed by atoms with Crippen LogP contribution in [0.3, 0.4) is 0 Å². The van der Waals surface area contributed by atoms with E-state index in [4.69, 9.17) is 21.9 Å². The first-order chi connectivity index (χ1) is 15.8. The molecule has 8 heteroatoms. The number of pyridine rings is 1. The summed E-state index contributed by atoms with van der Waals surface area (Å²) < 4.78 is 9.34. The maximum atomic E-state index is 5.96. The van der Waals surface area contributed by atoms with Crippen LogP contribution >= 0.6 is 23.6 Å². The van der Waals surface area contributed by atoms with Crippen LogP contribution < -0.4 is 5.32 Å². The molecule has 32 heavy (non-hydrogen) atoms. The minimum atomic E-state index is -0.0480. The number of nitrogens with one attached hydrogen (secondary N) is 1. The fourth-order valence-electron chi connectivity index (χ4n) is 4.70. The Kier molecular flexibility index (Phi) is 5.13. The van der Waals surface area contributed by atoms with Gasteiger partial charge in [-0.3, -0.25) is 9.55 Å². The molecule has 0 unspecified atom stereocenters. The Morgan fingerprint density at radius 2 is 2.03 bits per heavy atom. The van der Waals surface area contributed by atoms with Crippen molar-refractivity contribution >= 4 is 38.9 Å². The van der Waals surface area contributed by atoms with Gasteiger partial charge >= 0.3 is 0 Å². The number of aromatic nitrogens is 3. The summed E-state index contributed by atoms with van der Waals surface area (Å²) in [6, 6.07) is 18.5. The third-order valence-corrected chi connectivity index (χ3v) is 7.58. The van der Waals surface area contributed by atoms with Gasteiger partial charge in [-0.2, -0.15) is 0 Å². The summed E-state index contributed by atoms with van der Waals surface area (Å²) in [6.07, 6.45) is 6.31. The highest BCUT2D eigenvalue weighted by Crippen LogP contribution is 2.40. The maximum Gasteiger partial charge on any atom is 0.194 e. The Hall–Kier alpha value is -2.81. The molecule has 2 aliphatic rings. The summed E-state index contributed by atoms with van der Waals surface area (Å²) in [6.45, 7) is 1.60. The van der Waals surface area contributed by atoms with E-state index in [0.717, 1.165) is 53.1 Å². The van der Waals surface area contributed by atoms with Crippen molar-refractivity contribution < 1.29 is 4.74 Å². The highest BCUT2D eigenvalue weighted by atomic mass is 32.1. The monoisotopic (exact) mass is 461 g/mol. The van der Waals surface area contributed by atoms with E-state index in [1.165, 1.54) is 4.70 Å². The minimum Gasteiger partial charge on any atom is -0.376 e. The van der Waals surface area contributed by atoms with Gasteiger partial charge in [0.1, 0.15) is 0 Å². The Morgan fingerprint density at radius 3 is 2.84 bits per heavy atom. The summed E-state index contributed by atoms with van der Waals surface area (Å²) >= 11 is 7.52. The number of hydrogen-bond acceptors (Lipinski definition) is 5. The van der Waals surface area contributed by atoms with Crippen LogP contribution in [0.5, 0.6) is 0 Å². The number of fused-ring (bicyclic) bond motifs is 1. The molecule has 1 aromatic carbocycles. The van der Waals surface area contributed by atoms with Gasteiger partial charge < -0.3 is 15.0 Å². The molecule has 0 radical (unpaired) electrons. The van der Waals surface area contributed by atoms with E-state index < -0.39 is 0 Å². The number of thiocarbonyl (C=S) groups is 1. The molecule has 0 aliphatic carbocycles. The number of nitrogens with zero attached hydrogens (tertiary/aromatic N) is 4. The van der Waals surface area contributed by atoms with Crippen molar-refractivity contribution in [3.63, 3.8) is 0 Å². The molecule has 1 N–H and O–H groups in total. The van der Waals surface area contributed by atoms with Crippen LogP contribution in [0.1, 0.15) is 36.3 Å². The number of thiazole rings is 1. The molecule has 6 rings (SSSR count). The lowest BCUT2D eigenvalue weighted by Crippen LogP contribution is -2.36. The number of para-hydroxylation sites is 1. The second kappa shape index (κ2) is 8.27. The zero-order chi connectivity index (χ0) is 21.5. The van der Waals surface area contributed by atoms with E-state index in [0.29, 0.717) is 0 Å². The van der Waals surface area contributed by atoms with Gasteiger partial charge in [0, 0.05) is 25.5 Å². The van der Waals surface area contributed by atoms with Crippen LogP contribution in [0.4, 0.5) is 0 Å². The second-order valence-electron chi connectivity index (χ2n) is 8.18. The average molecular weight is 462 g/mol. The van der Waals surface area contributed by atoms with Gasteiger partial charge in [0.05, 0.1) is 39.8 Å². The molecule has 3 atom stereocenters. The number of rotatable bonds is 5. The molecule has 0 amide bonds. The summed E-state index contributed by atoms with van der Waals surface area (Å²) in [5, 5.41) is 5.25. The van der Waals surface area contributed by atoms with Crippen molar-refractivity contribution in [1.29, 1.82) is 0 Å². The van der Waals surface area contributed by atoms with Crippen molar-refractivity contribution in [3.8, 4) is 5.13 Å². The van der Waals surface area contributed by atoms with E-state index in [2.05, 4.69) is 62.4 Å². The molecule has 162 valence electrons. The van der Waals surface area contributed by atoms with E-state index in [1.807, 2.05) is 24.4 Å². The molecule has 6 nitrogen and oxygen atoms in total. The molecular weight excluding hydrogens is 438 g/mol. The molecule has 2 fully saturated rings. The van der Waals surface area contributed by atoms with E-state index in [1.54, 1.807) is 11.3 Å². The van der Waals surface area contributed by atoms with E-state index >= 15 is 0 Å². The normalized spacial score (nSPS) is 23.2. The van der Waals surface area contributed by atoms with Crippen LogP contribution in [0.2, 0.25) is 0 Å². The molecular formula is C24H23N5OS2. The lowest BCUT2D eigenvalue weighted by atomic mass is 10.0. The minimum absolute atomic E-state index is 0.0105. The van der Waals surface area contributed by atoms with E-state index in [9.17, 15) is 0 Å². The Balaban J connectivity index is 1.44. The fourth-order valence-corrected chi connectivity index (χ4v) is 5.99. The average Bonchev–Trinajstić information content (AvgIpc) is 3.61. The summed E-state index contributed by atoms with van der Waals surface area (Å²) in [7, 11) is 0. The van der Waals surface area contributed by atoms with Gasteiger partial charge in [0.2, 0.25) is 0 Å². The lowest BCUT2D eigenvalue weighted by Gasteiger charge is -2.30. The Bertz CT molecular complexity index is 1210. The third-order valence-electron chi connectivity index (χ3n) is 6.19. The fraction of sp³-hybridized carbons (Fsp3) is 0.292. The first-order valence-corrected chi connectivity index (χ1v) is 12.1. The summed E-state index contributed by atoms with van der Waals surface area (Å²) in [4.78, 5) is 11.8. The van der Waals surface area contributed by atoms with Gasteiger partial charge in [-0.1, -0.05) is 29.5 Å². The Morgan fingerprint density at radius 1 is 1.12 bits per heavy atom. The molecule has 0 bridgehead atoms. The van der Waals surface area contributed by atoms with Crippen molar-refractivity contribution in [2.75, 3.05) is 13.2 Å². The first kappa shape index (κ1) is 19.8. The number of hydrogen-bond donors (Lipinski definition) is 1. The molecule has 0 spiro atoms. The highest BCUT2D eigenvalue weighted by Gasteiger charge is 2.42. The van der Waals surface area contributed by atoms with E-state index in [-0.39, 0.29) is 18.2 Å². The quantitative estimate of drug-likeness (QED) is 0.437. The van der Waals surface area contributed by atoms with Crippen LogP contribution in [0.25, 0.3) is 15.3 Å². The number of benzene rings is 1. The van der Waals surface area contributed by atoms with Crippen LogP contribution in [-0.4, -0.2) is 43.8 Å². The molecule has 2 saturated heterocycles. The second-order valence-corrected chi connectivity index (χ2v) is 9.58. The van der Waals surface area contributed by atoms with Gasteiger partial charge in [0.25, 0.3) is 0 Å². The molecule has 3 aromatic heterocycles. The predicted octanol–water partition coefficient (Wildman–Crippen LogP) is 4.63.